The van der Waals surface area contributed by atoms with Gasteiger partial charge in [0.05, 0.1) is 55.3 Å². The number of amides is 5. The number of halogens is 4. The Hall–Kier alpha value is -5.36. The Bertz CT molecular complexity index is 3940. The molecule has 11 rings (SSSR count). The summed E-state index contributed by atoms with van der Waals surface area (Å²) in [5.74, 6) is -1.55. The fourth-order valence-corrected chi connectivity index (χ4v) is 16.9. The van der Waals surface area contributed by atoms with Crippen LogP contribution < -0.4 is 45.0 Å². The maximum atomic E-state index is 13.4. The van der Waals surface area contributed by atoms with E-state index >= 15 is 0 Å². The summed E-state index contributed by atoms with van der Waals surface area (Å²) in [6.45, 7) is 29.1. The number of cyclic esters (lactones) is 2. The third-order valence-electron chi connectivity index (χ3n) is 15.5. The predicted molar refractivity (Wildman–Crippen MR) is 442 cm³/mol. The molecule has 5 amide bonds. The number of aromatic nitrogens is 5. The predicted octanol–water partition coefficient (Wildman–Crippen LogP) is 13.4. The summed E-state index contributed by atoms with van der Waals surface area (Å²) in [5, 5.41) is 42.2. The third kappa shape index (κ3) is 33.3. The van der Waals surface area contributed by atoms with Crippen molar-refractivity contribution in [2.75, 3.05) is 51.3 Å². The molecule has 0 saturated carbocycles. The van der Waals surface area contributed by atoms with Crippen molar-refractivity contribution in [1.29, 1.82) is 0 Å². The van der Waals surface area contributed by atoms with Crippen LogP contribution in [0.5, 0.6) is 0 Å². The van der Waals surface area contributed by atoms with Crippen molar-refractivity contribution in [3.8, 4) is 0 Å². The molecule has 7 aromatic rings. The Morgan fingerprint density at radius 1 is 0.550 bits per heavy atom. The summed E-state index contributed by atoms with van der Waals surface area (Å²) in [7, 11) is 1.34. The second-order valence-electron chi connectivity index (χ2n) is 29.4. The Balaban J connectivity index is 0.000000477. The van der Waals surface area contributed by atoms with Crippen LogP contribution in [0, 0.1) is 0 Å². The number of benzene rings is 2. The molecule has 26 nitrogen and oxygen atoms in total. The Morgan fingerprint density at radius 2 is 0.908 bits per heavy atom. The van der Waals surface area contributed by atoms with Gasteiger partial charge in [0, 0.05) is 81.1 Å². The van der Waals surface area contributed by atoms with Crippen molar-refractivity contribution in [3.63, 3.8) is 0 Å². The second-order valence-corrected chi connectivity index (χ2v) is 39.6. The number of carboxylic acid groups (broad SMARTS) is 1. The van der Waals surface area contributed by atoms with E-state index in [9.17, 15) is 43.8 Å². The van der Waals surface area contributed by atoms with E-state index < -0.39 is 28.4 Å². The van der Waals surface area contributed by atoms with E-state index in [0.29, 0.717) is 72.7 Å². The van der Waals surface area contributed by atoms with E-state index in [1.165, 1.54) is 64.9 Å². The summed E-state index contributed by atoms with van der Waals surface area (Å²) in [6, 6.07) is 19.8. The first kappa shape index (κ1) is 99.7. The van der Waals surface area contributed by atoms with Crippen LogP contribution in [0.25, 0.3) is 0 Å². The van der Waals surface area contributed by atoms with Crippen LogP contribution in [0.15, 0.2) is 107 Å². The largest absolute Gasteiger partial charge is 1.00 e. The number of methoxy groups -OCH3 is 1. The molecule has 4 aliphatic heterocycles. The smallest absolute Gasteiger partial charge is 0.870 e. The number of hydrogen-bond acceptors (Lipinski definition) is 25. The van der Waals surface area contributed by atoms with Crippen molar-refractivity contribution in [2.24, 2.45) is 0 Å². The minimum atomic E-state index is -0.984. The zero-order chi connectivity index (χ0) is 77.9. The fraction of sp³-hybridized carbons (Fsp3) is 0.534. The zero-order valence-corrected chi connectivity index (χ0v) is 73.1. The molecule has 0 aliphatic carbocycles. The van der Waals surface area contributed by atoms with Gasteiger partial charge in [0.25, 0.3) is 17.7 Å². The normalized spacial score (nSPS) is 18.4. The average Bonchev–Trinajstić information content (AvgIpc) is 1.71. The van der Waals surface area contributed by atoms with Crippen LogP contribution in [0.4, 0.5) is 14.7 Å². The summed E-state index contributed by atoms with van der Waals surface area (Å²) >= 11 is 19.0. The van der Waals surface area contributed by atoms with Crippen molar-refractivity contribution in [3.05, 3.63) is 143 Å². The van der Waals surface area contributed by atoms with Gasteiger partial charge in [-0.2, -0.15) is 0 Å². The fourth-order valence-electron chi connectivity index (χ4n) is 11.5. The molecule has 36 heteroatoms. The van der Waals surface area contributed by atoms with Crippen LogP contribution in [0.1, 0.15) is 216 Å². The summed E-state index contributed by atoms with van der Waals surface area (Å²) in [4.78, 5) is 111. The van der Waals surface area contributed by atoms with Gasteiger partial charge >= 0.3 is 43.0 Å². The number of rotatable bonds is 14. The molecule has 9 heterocycles. The van der Waals surface area contributed by atoms with Gasteiger partial charge < -0.3 is 71.0 Å². The van der Waals surface area contributed by atoms with Gasteiger partial charge in [-0.25, -0.2) is 44.1 Å². The minimum absolute atomic E-state index is 0. The van der Waals surface area contributed by atoms with E-state index in [4.69, 9.17) is 14.6 Å². The summed E-state index contributed by atoms with van der Waals surface area (Å²) in [5.41, 5.74) is -2.35. The number of aliphatic hydroxyl groups is 2. The van der Waals surface area contributed by atoms with Crippen LogP contribution >= 0.6 is 120 Å². The first-order valence-electron chi connectivity index (χ1n) is 33.7. The number of carboxylic acids is 1. The number of aromatic carboxylic acids is 1. The standard InChI is InChI=1S/C27H38N4O4S.C19H28N2O3.2C8H11BrN2OS.C5H4BrNO2S.C4H2BrNO2S.2CH4.Li.H2O/c1-25(2,3)29-22(32)21-16-28-23(36-21)30-14-9-12-20(17-30)31-15-13-27(35-24(31)33,18-26(4,5)34)19-10-7-6-8-11-19;1-18(2,23)14-19(15-7-4-3-5-8-15)10-12-21(17(22)24-19)16-9-6-11-20-13-16;2*1-8(2,3)11-6(12)5-4-10-7(9)13-5;1-9-4(8)3-2-7-5(6)10-3;5-4-6-1-2(9-4)3(7)8;;;;/h6-8,10-11,16,20,34H,9,12-15,17-18H2,1-5H3,(H,29,32);3-5,7-8,16,20,23H,6,9-14H2,1-2H3;2*4H,1-3H3,(H,11,12);2H,1H3;1H,(H,7,8);2*1H4;;1H2/q;;;;;;;;+1;/p-1/t20-,27-;16-,19-;;;;;;;;/m00......../s1. The first-order chi connectivity index (χ1) is 48.9. The number of carbonyl (C=O) groups is 7. The molecule has 0 spiro atoms. The van der Waals surface area contributed by atoms with Gasteiger partial charge in [0.2, 0.25) is 0 Å². The molecular weight excluding hydrogens is 1760 g/mol. The Morgan fingerprint density at radius 3 is 1.23 bits per heavy atom. The topological polar surface area (TPSA) is 360 Å². The molecule has 4 aliphatic rings. The number of piperidine rings is 2. The van der Waals surface area contributed by atoms with Gasteiger partial charge in [-0.05, 0) is 197 Å². The van der Waals surface area contributed by atoms with Gasteiger partial charge in [0.1, 0.15) is 35.6 Å². The van der Waals surface area contributed by atoms with Gasteiger partial charge in [-0.1, -0.05) is 86.9 Å². The number of ether oxygens (including phenoxy) is 3. The number of thiazole rings is 5. The van der Waals surface area contributed by atoms with Crippen molar-refractivity contribution in [2.45, 2.75) is 207 Å². The van der Waals surface area contributed by atoms with Crippen molar-refractivity contribution >= 4 is 167 Å². The number of anilines is 1. The summed E-state index contributed by atoms with van der Waals surface area (Å²) < 4.78 is 19.4. The molecule has 598 valence electrons. The molecule has 8 N–H and O–H groups in total. The zero-order valence-electron chi connectivity index (χ0n) is 62.7. The van der Waals surface area contributed by atoms with E-state index in [-0.39, 0.29) is 109 Å². The molecule has 0 unspecified atom stereocenters. The molecular formula is C73H103Br4LiN12O14S5. The van der Waals surface area contributed by atoms with E-state index in [1.807, 2.05) is 133 Å². The summed E-state index contributed by atoms with van der Waals surface area (Å²) in [6.07, 6.45) is 12.9. The Kier molecular flexibility index (Phi) is 40.6. The van der Waals surface area contributed by atoms with Gasteiger partial charge in [0.15, 0.2) is 20.8 Å². The molecule has 0 bridgehead atoms. The van der Waals surface area contributed by atoms with Gasteiger partial charge in [-0.3, -0.25) is 14.4 Å². The molecule has 4 atom stereocenters. The van der Waals surface area contributed by atoms with Gasteiger partial charge in [-0.15, -0.1) is 45.3 Å². The second kappa shape index (κ2) is 44.3. The van der Waals surface area contributed by atoms with Crippen LogP contribution in [0.3, 0.4) is 0 Å². The number of carbonyl (C=O) groups excluding carboxylic acids is 6. The van der Waals surface area contributed by atoms with Crippen LogP contribution in [-0.2, 0) is 25.4 Å². The monoisotopic (exact) mass is 1850 g/mol. The molecule has 2 aromatic carbocycles. The molecule has 4 fully saturated rings. The minimum Gasteiger partial charge on any atom is -0.870 e. The van der Waals surface area contributed by atoms with E-state index in [2.05, 4.69) is 120 Å². The molecule has 4 saturated heterocycles. The van der Waals surface area contributed by atoms with E-state index in [1.54, 1.807) is 46.3 Å². The van der Waals surface area contributed by atoms with Crippen molar-refractivity contribution in [1.82, 2.24) is 56.0 Å². The Labute approximate surface area is 705 Å². The molecule has 5 aromatic heterocycles. The third-order valence-corrected chi connectivity index (χ3v) is 22.5. The average molecular weight is 1860 g/mol. The van der Waals surface area contributed by atoms with E-state index in [0.717, 1.165) is 80.7 Å². The molecule has 0 radical (unpaired) electrons. The first-order valence-corrected chi connectivity index (χ1v) is 40.9. The number of nitrogens with zero attached hydrogens (tertiary/aromatic N) is 8. The quantitative estimate of drug-likeness (QED) is 0.0302. The number of hydrogen-bond donors (Lipinski definition) is 7. The van der Waals surface area contributed by atoms with Crippen LogP contribution in [-0.4, -0.2) is 184 Å². The number of nitrogens with one attached hydrogen (secondary N) is 4. The number of esters is 1. The molecule has 109 heavy (non-hydrogen) atoms. The van der Waals surface area contributed by atoms with Crippen LogP contribution in [0.2, 0.25) is 0 Å². The van der Waals surface area contributed by atoms with Crippen molar-refractivity contribution < 1.29 is 87.4 Å². The maximum Gasteiger partial charge on any atom is 1.00 e. The maximum absolute atomic E-state index is 13.4. The SMILES string of the molecule is C.C.CC(C)(C)NC(=O)c1cnc(Br)s1.CC(C)(C)NC(=O)c1cnc(Br)s1.CC(C)(O)C[C@]1(c2ccccc2)CCN([C@H]2CCCN(c3ncc(C(=O)NC(C)(C)C)s3)C2)C(=O)O1.CC(C)(O)C[C@]1(c2ccccc2)CCN([C@H]2CCCNC2)C(=O)O1.COC(=O)c1cnc(Br)s1.O=C(O)c1cnc(Br)s1.[Li+].[OH-].